The molecular weight excluding hydrogens is 334 g/mol. The van der Waals surface area contributed by atoms with Gasteiger partial charge in [0.05, 0.1) is 16.3 Å². The highest BCUT2D eigenvalue weighted by Crippen LogP contribution is 2.23. The number of aromatic nitrogens is 1. The van der Waals surface area contributed by atoms with Crippen molar-refractivity contribution in [2.24, 2.45) is 0 Å². The van der Waals surface area contributed by atoms with Gasteiger partial charge in [0, 0.05) is 16.6 Å². The van der Waals surface area contributed by atoms with E-state index < -0.39 is 0 Å². The third kappa shape index (κ3) is 4.22. The average molecular weight is 349 g/mol. The van der Waals surface area contributed by atoms with Crippen molar-refractivity contribution < 1.29 is 9.53 Å². The second-order valence-corrected chi connectivity index (χ2v) is 6.34. The largest absolute Gasteiger partial charge is 0.482 e. The maximum absolute atomic E-state index is 12.0. The molecule has 1 N–H and O–H groups in total. The Morgan fingerprint density at radius 2 is 2.00 bits per heavy atom. The van der Waals surface area contributed by atoms with Crippen molar-refractivity contribution in [2.75, 3.05) is 11.9 Å². The van der Waals surface area contributed by atoms with E-state index in [0.29, 0.717) is 17.0 Å². The lowest BCUT2D eigenvalue weighted by atomic mass is 10.1. The van der Waals surface area contributed by atoms with Gasteiger partial charge >= 0.3 is 0 Å². The third-order valence-electron chi connectivity index (χ3n) is 3.45. The van der Waals surface area contributed by atoms with E-state index in [1.807, 2.05) is 42.6 Å². The number of carbonyl (C=O) groups is 1. The van der Waals surface area contributed by atoms with Crippen LogP contribution in [0.15, 0.2) is 53.9 Å². The van der Waals surface area contributed by atoms with Crippen molar-refractivity contribution in [2.45, 2.75) is 6.92 Å². The van der Waals surface area contributed by atoms with Crippen LogP contribution in [0.1, 0.15) is 10.6 Å². The number of nitrogens with zero attached hydrogens (tertiary/aromatic N) is 2. The normalized spacial score (nSPS) is 10.1. The molecule has 3 rings (SSSR count). The number of ether oxygens (including phenoxy) is 1. The maximum Gasteiger partial charge on any atom is 0.262 e. The molecule has 1 amide bonds. The number of anilines is 1. The molecule has 0 saturated heterocycles. The summed E-state index contributed by atoms with van der Waals surface area (Å²) < 4.78 is 5.41. The lowest BCUT2D eigenvalue weighted by Gasteiger charge is -2.09. The molecule has 5 nitrogen and oxygen atoms in total. The van der Waals surface area contributed by atoms with Crippen LogP contribution < -0.4 is 10.1 Å². The first-order valence-electron chi connectivity index (χ1n) is 7.60. The van der Waals surface area contributed by atoms with E-state index in [0.717, 1.165) is 16.3 Å². The highest BCUT2D eigenvalue weighted by Gasteiger charge is 2.07. The number of benzene rings is 2. The molecule has 6 heteroatoms. The number of nitriles is 1. The van der Waals surface area contributed by atoms with Crippen molar-refractivity contribution in [3.63, 3.8) is 0 Å². The van der Waals surface area contributed by atoms with E-state index in [1.165, 1.54) is 0 Å². The predicted octanol–water partition coefficient (Wildman–Crippen LogP) is 4.01. The van der Waals surface area contributed by atoms with Crippen LogP contribution in [-0.4, -0.2) is 17.5 Å². The van der Waals surface area contributed by atoms with Crippen LogP contribution in [0.5, 0.6) is 5.75 Å². The Morgan fingerprint density at radius 1 is 1.24 bits per heavy atom. The van der Waals surface area contributed by atoms with Gasteiger partial charge in [0.25, 0.3) is 5.91 Å². The van der Waals surface area contributed by atoms with Crippen molar-refractivity contribution in [3.05, 3.63) is 64.5 Å². The van der Waals surface area contributed by atoms with Gasteiger partial charge in [0.2, 0.25) is 0 Å². The highest BCUT2D eigenvalue weighted by atomic mass is 32.1. The maximum atomic E-state index is 12.0. The van der Waals surface area contributed by atoms with Crippen LogP contribution in [0.3, 0.4) is 0 Å². The number of thiazole rings is 1. The first-order chi connectivity index (χ1) is 12.2. The van der Waals surface area contributed by atoms with Crippen molar-refractivity contribution in [1.29, 1.82) is 5.26 Å². The second-order valence-electron chi connectivity index (χ2n) is 5.27. The summed E-state index contributed by atoms with van der Waals surface area (Å²) in [5.41, 5.74) is 3.01. The van der Waals surface area contributed by atoms with Gasteiger partial charge in [0.1, 0.15) is 11.8 Å². The molecule has 0 aliphatic heterocycles. The number of para-hydroxylation sites is 1. The molecule has 0 atom stereocenters. The summed E-state index contributed by atoms with van der Waals surface area (Å²) in [6, 6.07) is 16.3. The number of aryl methyl sites for hydroxylation is 1. The van der Waals surface area contributed by atoms with Gasteiger partial charge in [-0.3, -0.25) is 4.79 Å². The number of carbonyl (C=O) groups excluding carboxylic acids is 1. The predicted molar refractivity (Wildman–Crippen MR) is 97.6 cm³/mol. The van der Waals surface area contributed by atoms with Crippen LogP contribution in [-0.2, 0) is 4.79 Å². The summed E-state index contributed by atoms with van der Waals surface area (Å²) in [5.74, 6) is 0.111. The van der Waals surface area contributed by atoms with Crippen LogP contribution in [0.4, 0.5) is 5.69 Å². The molecule has 124 valence electrons. The van der Waals surface area contributed by atoms with Crippen molar-refractivity contribution >= 4 is 22.9 Å². The zero-order chi connectivity index (χ0) is 17.6. The van der Waals surface area contributed by atoms with E-state index in [-0.39, 0.29) is 12.5 Å². The smallest absolute Gasteiger partial charge is 0.262 e. The van der Waals surface area contributed by atoms with E-state index >= 15 is 0 Å². The molecule has 0 fully saturated rings. The summed E-state index contributed by atoms with van der Waals surface area (Å²) in [7, 11) is 0. The van der Waals surface area contributed by atoms with E-state index in [4.69, 9.17) is 10.00 Å². The fraction of sp³-hybridized carbons (Fsp3) is 0.105. The molecule has 0 aliphatic rings. The van der Waals surface area contributed by atoms with Gasteiger partial charge in [-0.2, -0.15) is 5.26 Å². The van der Waals surface area contributed by atoms with Crippen LogP contribution >= 0.6 is 11.3 Å². The van der Waals surface area contributed by atoms with Gasteiger partial charge in [-0.05, 0) is 31.2 Å². The second kappa shape index (κ2) is 7.60. The lowest BCUT2D eigenvalue weighted by Crippen LogP contribution is -2.20. The molecule has 3 aromatic rings. The molecule has 1 aromatic heterocycles. The number of hydrogen-bond acceptors (Lipinski definition) is 5. The summed E-state index contributed by atoms with van der Waals surface area (Å²) in [6.45, 7) is 1.80. The van der Waals surface area contributed by atoms with Crippen molar-refractivity contribution in [3.8, 4) is 23.1 Å². The van der Waals surface area contributed by atoms with Gasteiger partial charge in [-0.15, -0.1) is 11.3 Å². The number of amides is 1. The first kappa shape index (κ1) is 16.7. The Morgan fingerprint density at radius 3 is 2.68 bits per heavy atom. The standard InChI is InChI=1S/C19H15N3O2S/c1-13-21-17(12-25-13)14-6-8-16(9-7-14)22-19(23)11-24-18-5-3-2-4-15(18)10-20/h2-9,12H,11H2,1H3,(H,22,23). The molecule has 0 spiro atoms. The minimum absolute atomic E-state index is 0.161. The fourth-order valence-corrected chi connectivity index (χ4v) is 2.87. The van der Waals surface area contributed by atoms with Crippen molar-refractivity contribution in [1.82, 2.24) is 4.98 Å². The molecule has 0 radical (unpaired) electrons. The quantitative estimate of drug-likeness (QED) is 0.755. The van der Waals surface area contributed by atoms with Gasteiger partial charge in [-0.25, -0.2) is 4.98 Å². The lowest BCUT2D eigenvalue weighted by molar-refractivity contribution is -0.118. The highest BCUT2D eigenvalue weighted by molar-refractivity contribution is 7.09. The minimum Gasteiger partial charge on any atom is -0.482 e. The molecule has 0 saturated carbocycles. The molecule has 25 heavy (non-hydrogen) atoms. The van der Waals surface area contributed by atoms with E-state index in [1.54, 1.807) is 35.6 Å². The van der Waals surface area contributed by atoms with Crippen LogP contribution in [0.25, 0.3) is 11.3 Å². The Kier molecular flexibility index (Phi) is 5.07. The van der Waals surface area contributed by atoms with E-state index in [2.05, 4.69) is 10.3 Å². The zero-order valence-electron chi connectivity index (χ0n) is 13.5. The summed E-state index contributed by atoms with van der Waals surface area (Å²) in [6.07, 6.45) is 0. The number of nitrogens with one attached hydrogen (secondary N) is 1. The SMILES string of the molecule is Cc1nc(-c2ccc(NC(=O)COc3ccccc3C#N)cc2)cs1. The number of rotatable bonds is 5. The molecular formula is C19H15N3O2S. The third-order valence-corrected chi connectivity index (χ3v) is 4.22. The average Bonchev–Trinajstić information content (AvgIpc) is 3.07. The summed E-state index contributed by atoms with van der Waals surface area (Å²) in [4.78, 5) is 16.4. The van der Waals surface area contributed by atoms with Crippen LogP contribution in [0, 0.1) is 18.3 Å². The number of hydrogen-bond donors (Lipinski definition) is 1. The molecule has 1 heterocycles. The molecule has 2 aromatic carbocycles. The van der Waals surface area contributed by atoms with Gasteiger partial charge in [-0.1, -0.05) is 24.3 Å². The van der Waals surface area contributed by atoms with Gasteiger partial charge < -0.3 is 10.1 Å². The molecule has 0 unspecified atom stereocenters. The fourth-order valence-electron chi connectivity index (χ4n) is 2.25. The monoisotopic (exact) mass is 349 g/mol. The Balaban J connectivity index is 1.59. The zero-order valence-corrected chi connectivity index (χ0v) is 14.3. The Labute approximate surface area is 149 Å². The van der Waals surface area contributed by atoms with Gasteiger partial charge in [0.15, 0.2) is 6.61 Å². The minimum atomic E-state index is -0.287. The van der Waals surface area contributed by atoms with Crippen LogP contribution in [0.2, 0.25) is 0 Å². The Bertz CT molecular complexity index is 926. The topological polar surface area (TPSA) is 75.0 Å². The first-order valence-corrected chi connectivity index (χ1v) is 8.48. The van der Waals surface area contributed by atoms with E-state index in [9.17, 15) is 4.79 Å². The molecule has 0 aliphatic carbocycles. The summed E-state index contributed by atoms with van der Waals surface area (Å²) in [5, 5.41) is 14.8. The Hall–Kier alpha value is -3.17. The summed E-state index contributed by atoms with van der Waals surface area (Å²) >= 11 is 1.60. The molecule has 0 bridgehead atoms.